The summed E-state index contributed by atoms with van der Waals surface area (Å²) in [4.78, 5) is 29.5. The number of carbonyl (C=O) groups excluding carboxylic acids is 2. The lowest BCUT2D eigenvalue weighted by atomic mass is 10.1. The predicted molar refractivity (Wildman–Crippen MR) is 112 cm³/mol. The molecule has 0 N–H and O–H groups in total. The molecule has 0 aliphatic carbocycles. The lowest BCUT2D eigenvalue weighted by Gasteiger charge is -2.35. The molecule has 1 aliphatic rings. The molecule has 0 unspecified atom stereocenters. The van der Waals surface area contributed by atoms with Crippen molar-refractivity contribution in [1.29, 1.82) is 0 Å². The number of ether oxygens (including phenoxy) is 3. The zero-order valence-corrected chi connectivity index (χ0v) is 19.5. The number of carbonyl (C=O) groups is 2. The van der Waals surface area contributed by atoms with Crippen molar-refractivity contribution in [2.75, 3.05) is 20.2 Å². The number of aromatic nitrogens is 1. The highest BCUT2D eigenvalue weighted by Crippen LogP contribution is 2.43. The lowest BCUT2D eigenvalue weighted by molar-refractivity contribution is -0.136. The molecule has 2 aromatic heterocycles. The van der Waals surface area contributed by atoms with E-state index in [0.717, 1.165) is 18.4 Å². The first kappa shape index (κ1) is 25.0. The molecule has 1 saturated heterocycles. The Morgan fingerprint density at radius 3 is 2.45 bits per heavy atom. The number of hydrogen-bond acceptors (Lipinski definition) is 7. The highest BCUT2D eigenvalue weighted by molar-refractivity contribution is 7.17. The van der Waals surface area contributed by atoms with Crippen LogP contribution in [0.15, 0.2) is 5.38 Å². The third-order valence-electron chi connectivity index (χ3n) is 4.99. The number of piperidine rings is 1. The Balaban J connectivity index is 1.91. The molecule has 182 valence electrons. The molecule has 12 heteroatoms. The van der Waals surface area contributed by atoms with Gasteiger partial charge in [-0.3, -0.25) is 0 Å². The number of hydrogen-bond donors (Lipinski definition) is 0. The van der Waals surface area contributed by atoms with Crippen molar-refractivity contribution < 1.29 is 41.4 Å². The summed E-state index contributed by atoms with van der Waals surface area (Å²) in [5.41, 5.74) is -2.41. The molecule has 0 bridgehead atoms. The first-order chi connectivity index (χ1) is 15.2. The quantitative estimate of drug-likeness (QED) is 0.436. The van der Waals surface area contributed by atoms with Crippen LogP contribution >= 0.6 is 11.3 Å². The van der Waals surface area contributed by atoms with Gasteiger partial charge in [-0.05, 0) is 27.7 Å². The van der Waals surface area contributed by atoms with E-state index in [9.17, 15) is 27.2 Å². The summed E-state index contributed by atoms with van der Waals surface area (Å²) in [6.45, 7) is 6.00. The smallest absolute Gasteiger partial charge is 0.418 e. The van der Waals surface area contributed by atoms with E-state index in [1.807, 2.05) is 0 Å². The number of rotatable bonds is 3. The Kier molecular flexibility index (Phi) is 6.79. The van der Waals surface area contributed by atoms with Crippen LogP contribution in [-0.2, 0) is 15.7 Å². The fourth-order valence-corrected chi connectivity index (χ4v) is 4.56. The van der Waals surface area contributed by atoms with Gasteiger partial charge in [0.1, 0.15) is 17.2 Å². The molecule has 0 spiro atoms. The molecule has 2 aromatic rings. The largest absolute Gasteiger partial charge is 0.471 e. The molecule has 1 amide bonds. The highest BCUT2D eigenvalue weighted by Gasteiger charge is 2.40. The minimum absolute atomic E-state index is 0.0222. The summed E-state index contributed by atoms with van der Waals surface area (Å²) in [6, 6.07) is 0. The summed E-state index contributed by atoms with van der Waals surface area (Å²) in [5.74, 6) is -1.26. The molecular weight excluding hydrogens is 468 g/mol. The van der Waals surface area contributed by atoms with E-state index in [1.54, 1.807) is 20.8 Å². The number of likely N-dealkylation sites (tertiary alicyclic amines) is 1. The SMILES string of the molecule is COC(=O)c1csc2c(C(F)(F)F)c(C)c(O[C@H]3CCN(C(=O)OC(C)(C)C)C[C@H]3F)nc12. The number of fused-ring (bicyclic) bond motifs is 1. The van der Waals surface area contributed by atoms with Gasteiger partial charge in [-0.15, -0.1) is 11.3 Å². The van der Waals surface area contributed by atoms with E-state index in [4.69, 9.17) is 9.47 Å². The van der Waals surface area contributed by atoms with Crippen molar-refractivity contribution in [3.63, 3.8) is 0 Å². The number of amides is 1. The highest BCUT2D eigenvalue weighted by atomic mass is 32.1. The van der Waals surface area contributed by atoms with Crippen LogP contribution in [0.1, 0.15) is 48.7 Å². The molecule has 0 saturated carbocycles. The van der Waals surface area contributed by atoms with E-state index in [1.165, 1.54) is 17.2 Å². The average Bonchev–Trinajstić information content (AvgIpc) is 3.09. The first-order valence-corrected chi connectivity index (χ1v) is 11.0. The van der Waals surface area contributed by atoms with Gasteiger partial charge >= 0.3 is 18.2 Å². The molecule has 33 heavy (non-hydrogen) atoms. The lowest BCUT2D eigenvalue weighted by Crippen LogP contribution is -2.50. The summed E-state index contributed by atoms with van der Waals surface area (Å²) in [7, 11) is 1.11. The van der Waals surface area contributed by atoms with Crippen molar-refractivity contribution in [3.8, 4) is 5.88 Å². The number of halogens is 4. The van der Waals surface area contributed by atoms with Gasteiger partial charge in [-0.25, -0.2) is 19.0 Å². The van der Waals surface area contributed by atoms with Crippen molar-refractivity contribution in [3.05, 3.63) is 22.1 Å². The van der Waals surface area contributed by atoms with Crippen LogP contribution in [0.4, 0.5) is 22.4 Å². The Hall–Kier alpha value is -2.63. The summed E-state index contributed by atoms with van der Waals surface area (Å²) in [5, 5.41) is 1.24. The van der Waals surface area contributed by atoms with Gasteiger partial charge in [0.25, 0.3) is 0 Å². The molecule has 3 rings (SSSR count). The molecule has 3 heterocycles. The van der Waals surface area contributed by atoms with E-state index >= 15 is 0 Å². The van der Waals surface area contributed by atoms with Crippen molar-refractivity contribution >= 4 is 33.6 Å². The Morgan fingerprint density at radius 1 is 1.24 bits per heavy atom. The topological polar surface area (TPSA) is 78.0 Å². The maximum absolute atomic E-state index is 14.9. The van der Waals surface area contributed by atoms with Gasteiger partial charge in [-0.2, -0.15) is 13.2 Å². The normalized spacial score (nSPS) is 19.5. The van der Waals surface area contributed by atoms with Crippen molar-refractivity contribution in [1.82, 2.24) is 9.88 Å². The fraction of sp³-hybridized carbons (Fsp3) is 0.571. The molecule has 0 radical (unpaired) electrons. The van der Waals surface area contributed by atoms with Gasteiger partial charge in [0, 0.05) is 23.9 Å². The van der Waals surface area contributed by atoms with Crippen molar-refractivity contribution in [2.24, 2.45) is 0 Å². The average molecular weight is 492 g/mol. The van der Waals surface area contributed by atoms with Crippen LogP contribution in [-0.4, -0.2) is 60.0 Å². The van der Waals surface area contributed by atoms with Crippen molar-refractivity contribution in [2.45, 2.75) is 58.2 Å². The fourth-order valence-electron chi connectivity index (χ4n) is 3.47. The van der Waals surface area contributed by atoms with Crippen LogP contribution in [0, 0.1) is 6.92 Å². The maximum Gasteiger partial charge on any atom is 0.418 e. The molecule has 7 nitrogen and oxygen atoms in total. The molecule has 0 aromatic carbocycles. The van der Waals surface area contributed by atoms with Gasteiger partial charge in [0.2, 0.25) is 5.88 Å². The van der Waals surface area contributed by atoms with Crippen LogP contribution < -0.4 is 4.74 Å². The van der Waals surface area contributed by atoms with E-state index < -0.39 is 47.6 Å². The minimum Gasteiger partial charge on any atom is -0.471 e. The maximum atomic E-state index is 14.9. The summed E-state index contributed by atoms with van der Waals surface area (Å²) >= 11 is 0.717. The number of thiophene rings is 1. The molecule has 1 aliphatic heterocycles. The molecular formula is C21H24F4N2O5S. The Bertz CT molecular complexity index is 1060. The monoisotopic (exact) mass is 492 g/mol. The van der Waals surface area contributed by atoms with Gasteiger partial charge in [0.15, 0.2) is 6.17 Å². The second-order valence-electron chi connectivity index (χ2n) is 8.62. The van der Waals surface area contributed by atoms with Gasteiger partial charge < -0.3 is 19.1 Å². The number of esters is 1. The minimum atomic E-state index is -4.75. The van der Waals surface area contributed by atoms with Gasteiger partial charge in [0.05, 0.1) is 29.5 Å². The zero-order chi connectivity index (χ0) is 24.7. The number of nitrogens with zero attached hydrogens (tertiary/aromatic N) is 2. The van der Waals surface area contributed by atoms with Crippen LogP contribution in [0.3, 0.4) is 0 Å². The summed E-state index contributed by atoms with van der Waals surface area (Å²) < 4.78 is 71.7. The number of pyridine rings is 1. The van der Waals surface area contributed by atoms with Crippen LogP contribution in [0.5, 0.6) is 5.88 Å². The van der Waals surface area contributed by atoms with E-state index in [2.05, 4.69) is 9.72 Å². The molecule has 2 atom stereocenters. The Labute approximate surface area is 191 Å². The Morgan fingerprint density at radius 2 is 1.91 bits per heavy atom. The summed E-state index contributed by atoms with van der Waals surface area (Å²) in [6.07, 6.45) is -8.22. The van der Waals surface area contributed by atoms with E-state index in [0.29, 0.717) is 0 Å². The van der Waals surface area contributed by atoms with Gasteiger partial charge in [-0.1, -0.05) is 0 Å². The first-order valence-electron chi connectivity index (χ1n) is 10.1. The molecule has 1 fully saturated rings. The second-order valence-corrected chi connectivity index (χ2v) is 9.50. The standard InChI is InChI=1S/C21H24F4N2O5S/c1-10-14(21(23,24)25)16-15(11(9-33-16)18(28)30-5)26-17(10)31-13-6-7-27(8-12(13)22)19(29)32-20(2,3)4/h9,12-13H,6-8H2,1-5H3/t12-,13+/m1/s1. The van der Waals surface area contributed by atoms with E-state index in [-0.39, 0.29) is 40.9 Å². The zero-order valence-electron chi connectivity index (χ0n) is 18.7. The third kappa shape index (κ3) is 5.31. The van der Waals surface area contributed by atoms with Crippen LogP contribution in [0.2, 0.25) is 0 Å². The second kappa shape index (κ2) is 8.96. The van der Waals surface area contributed by atoms with Crippen LogP contribution in [0.25, 0.3) is 10.2 Å². The third-order valence-corrected chi connectivity index (χ3v) is 5.97. The number of methoxy groups -OCH3 is 1. The predicted octanol–water partition coefficient (Wildman–Crippen LogP) is 5.14. The number of alkyl halides is 4.